The summed E-state index contributed by atoms with van der Waals surface area (Å²) in [5.74, 6) is -0.820. The van der Waals surface area contributed by atoms with E-state index in [1.165, 1.54) is 24.3 Å². The number of hydrogen-bond donors (Lipinski definition) is 2. The van der Waals surface area contributed by atoms with Crippen LogP contribution in [-0.2, 0) is 6.54 Å². The summed E-state index contributed by atoms with van der Waals surface area (Å²) in [4.78, 5) is 14.1. The number of pyridine rings is 1. The lowest BCUT2D eigenvalue weighted by atomic mass is 10.1. The maximum atomic E-state index is 13.7. The first-order valence-corrected chi connectivity index (χ1v) is 6.43. The number of rotatable bonds is 3. The van der Waals surface area contributed by atoms with Crippen molar-refractivity contribution in [3.63, 3.8) is 0 Å². The highest BCUT2D eigenvalue weighted by molar-refractivity contribution is 5.82. The van der Waals surface area contributed by atoms with Gasteiger partial charge in [-0.2, -0.15) is 0 Å². The van der Waals surface area contributed by atoms with Gasteiger partial charge in [0.2, 0.25) is 5.56 Å². The molecule has 0 amide bonds. The fourth-order valence-electron chi connectivity index (χ4n) is 2.26. The Morgan fingerprint density at radius 1 is 1.05 bits per heavy atom. The molecule has 0 fully saturated rings. The molecule has 0 atom stereocenters. The summed E-state index contributed by atoms with van der Waals surface area (Å²) in [5, 5.41) is 3.65. The van der Waals surface area contributed by atoms with E-state index in [1.807, 2.05) is 0 Å². The van der Waals surface area contributed by atoms with Gasteiger partial charge in [-0.15, -0.1) is 0 Å². The quantitative estimate of drug-likeness (QED) is 0.775. The van der Waals surface area contributed by atoms with E-state index in [4.69, 9.17) is 0 Å². The van der Waals surface area contributed by atoms with Crippen LogP contribution in [0.5, 0.6) is 0 Å². The van der Waals surface area contributed by atoms with Gasteiger partial charge in [0.25, 0.3) is 0 Å². The Hall–Kier alpha value is -2.69. The summed E-state index contributed by atoms with van der Waals surface area (Å²) in [5.41, 5.74) is 1.06. The summed E-state index contributed by atoms with van der Waals surface area (Å²) < 4.78 is 26.8. The van der Waals surface area contributed by atoms with E-state index in [2.05, 4.69) is 10.3 Å². The number of hydrogen-bond acceptors (Lipinski definition) is 2. The van der Waals surface area contributed by atoms with Crippen LogP contribution in [0.3, 0.4) is 0 Å². The van der Waals surface area contributed by atoms with Crippen LogP contribution < -0.4 is 10.9 Å². The molecule has 2 aromatic carbocycles. The van der Waals surface area contributed by atoms with Crippen LogP contribution in [-0.4, -0.2) is 4.98 Å². The molecule has 3 nitrogen and oxygen atoms in total. The van der Waals surface area contributed by atoms with Gasteiger partial charge in [-0.3, -0.25) is 4.79 Å². The van der Waals surface area contributed by atoms with Crippen LogP contribution in [0.15, 0.2) is 53.3 Å². The number of fused-ring (bicyclic) bond motifs is 1. The molecule has 0 aliphatic carbocycles. The van der Waals surface area contributed by atoms with Gasteiger partial charge in [-0.25, -0.2) is 8.78 Å². The van der Waals surface area contributed by atoms with Crippen molar-refractivity contribution in [2.24, 2.45) is 0 Å². The molecule has 2 N–H and O–H groups in total. The van der Waals surface area contributed by atoms with Crippen molar-refractivity contribution >= 4 is 16.6 Å². The van der Waals surface area contributed by atoms with Gasteiger partial charge < -0.3 is 10.3 Å². The fraction of sp³-hybridized carbons (Fsp3) is 0.0625. The predicted octanol–water partition coefficient (Wildman–Crippen LogP) is 3.42. The molecule has 1 heterocycles. The number of aromatic nitrogens is 1. The third-order valence-corrected chi connectivity index (χ3v) is 3.22. The summed E-state index contributed by atoms with van der Waals surface area (Å²) in [6.45, 7) is 0.299. The topological polar surface area (TPSA) is 44.9 Å². The summed E-state index contributed by atoms with van der Waals surface area (Å²) in [6, 6.07) is 12.0. The van der Waals surface area contributed by atoms with Crippen LogP contribution in [0.2, 0.25) is 0 Å². The van der Waals surface area contributed by atoms with Crippen molar-refractivity contribution in [2.45, 2.75) is 6.54 Å². The zero-order chi connectivity index (χ0) is 14.8. The molecule has 3 rings (SSSR count). The molecule has 5 heteroatoms. The number of para-hydroxylation sites is 1. The molecule has 0 unspecified atom stereocenters. The van der Waals surface area contributed by atoms with Crippen LogP contribution in [0, 0.1) is 11.6 Å². The standard InChI is InChI=1S/C16H12F2N2O/c17-11-3-1-4-12(8-11)19-9-10-7-15(21)20-16-13(10)5-2-6-14(16)18/h1-8,19H,9H2,(H,20,21). The lowest BCUT2D eigenvalue weighted by Gasteiger charge is -2.09. The Labute approximate surface area is 119 Å². The van der Waals surface area contributed by atoms with E-state index in [1.54, 1.807) is 24.3 Å². The lowest BCUT2D eigenvalue weighted by Crippen LogP contribution is -2.10. The minimum absolute atomic E-state index is 0.182. The van der Waals surface area contributed by atoms with E-state index >= 15 is 0 Å². The number of H-pyrrole nitrogens is 1. The van der Waals surface area contributed by atoms with Crippen molar-refractivity contribution in [1.82, 2.24) is 4.98 Å². The van der Waals surface area contributed by atoms with Crippen molar-refractivity contribution in [3.05, 3.63) is 76.1 Å². The molecule has 0 radical (unpaired) electrons. The lowest BCUT2D eigenvalue weighted by molar-refractivity contribution is 0.628. The minimum atomic E-state index is -0.475. The van der Waals surface area contributed by atoms with Gasteiger partial charge in [0.15, 0.2) is 0 Å². The Balaban J connectivity index is 1.97. The van der Waals surface area contributed by atoms with E-state index < -0.39 is 5.82 Å². The van der Waals surface area contributed by atoms with Crippen LogP contribution in [0.1, 0.15) is 5.56 Å². The third-order valence-electron chi connectivity index (χ3n) is 3.22. The van der Waals surface area contributed by atoms with Gasteiger partial charge in [0.05, 0.1) is 5.52 Å². The number of anilines is 1. The molecule has 0 aliphatic rings. The zero-order valence-corrected chi connectivity index (χ0v) is 11.0. The minimum Gasteiger partial charge on any atom is -0.381 e. The number of aromatic amines is 1. The van der Waals surface area contributed by atoms with Crippen LogP contribution in [0.4, 0.5) is 14.5 Å². The first kappa shape index (κ1) is 13.3. The van der Waals surface area contributed by atoms with Gasteiger partial charge in [0, 0.05) is 23.7 Å². The van der Waals surface area contributed by atoms with E-state index in [0.717, 1.165) is 0 Å². The molecule has 0 aliphatic heterocycles. The number of nitrogens with one attached hydrogen (secondary N) is 2. The smallest absolute Gasteiger partial charge is 0.248 e. The second-order valence-corrected chi connectivity index (χ2v) is 4.69. The predicted molar refractivity (Wildman–Crippen MR) is 78.3 cm³/mol. The molecular formula is C16H12F2N2O. The van der Waals surface area contributed by atoms with E-state index in [0.29, 0.717) is 23.2 Å². The maximum absolute atomic E-state index is 13.7. The molecule has 3 aromatic rings. The van der Waals surface area contributed by atoms with Gasteiger partial charge >= 0.3 is 0 Å². The van der Waals surface area contributed by atoms with E-state index in [-0.39, 0.29) is 16.9 Å². The molecule has 0 bridgehead atoms. The SMILES string of the molecule is O=c1cc(CNc2cccc(F)c2)c2cccc(F)c2[nH]1. The molecule has 0 saturated carbocycles. The Morgan fingerprint density at radius 3 is 2.67 bits per heavy atom. The van der Waals surface area contributed by atoms with Gasteiger partial charge in [-0.05, 0) is 29.8 Å². The Morgan fingerprint density at radius 2 is 1.86 bits per heavy atom. The van der Waals surface area contributed by atoms with Gasteiger partial charge in [-0.1, -0.05) is 18.2 Å². The largest absolute Gasteiger partial charge is 0.381 e. The second kappa shape index (κ2) is 5.36. The monoisotopic (exact) mass is 286 g/mol. The Bertz CT molecular complexity index is 858. The molecule has 106 valence electrons. The zero-order valence-electron chi connectivity index (χ0n) is 11.0. The second-order valence-electron chi connectivity index (χ2n) is 4.69. The van der Waals surface area contributed by atoms with Crippen molar-refractivity contribution in [2.75, 3.05) is 5.32 Å². The van der Waals surface area contributed by atoms with Gasteiger partial charge in [0.1, 0.15) is 11.6 Å². The molecule has 21 heavy (non-hydrogen) atoms. The first-order valence-electron chi connectivity index (χ1n) is 6.43. The molecule has 0 saturated heterocycles. The molecule has 0 spiro atoms. The number of halogens is 2. The average molecular weight is 286 g/mol. The summed E-state index contributed by atoms with van der Waals surface area (Å²) in [7, 11) is 0. The first-order chi connectivity index (χ1) is 10.1. The van der Waals surface area contributed by atoms with Crippen LogP contribution in [0.25, 0.3) is 10.9 Å². The van der Waals surface area contributed by atoms with Crippen molar-refractivity contribution < 1.29 is 8.78 Å². The highest BCUT2D eigenvalue weighted by Gasteiger charge is 2.07. The Kier molecular flexibility index (Phi) is 3.39. The summed E-state index contributed by atoms with van der Waals surface area (Å²) >= 11 is 0. The van der Waals surface area contributed by atoms with Crippen molar-refractivity contribution in [3.8, 4) is 0 Å². The molecular weight excluding hydrogens is 274 g/mol. The fourth-order valence-corrected chi connectivity index (χ4v) is 2.26. The van der Waals surface area contributed by atoms with E-state index in [9.17, 15) is 13.6 Å². The highest BCUT2D eigenvalue weighted by atomic mass is 19.1. The third kappa shape index (κ3) is 2.76. The normalized spacial score (nSPS) is 10.8. The summed E-state index contributed by atoms with van der Waals surface area (Å²) in [6.07, 6.45) is 0. The number of benzene rings is 2. The highest BCUT2D eigenvalue weighted by Crippen LogP contribution is 2.19. The maximum Gasteiger partial charge on any atom is 0.248 e. The van der Waals surface area contributed by atoms with Crippen LogP contribution >= 0.6 is 0 Å². The average Bonchev–Trinajstić information content (AvgIpc) is 2.46. The molecule has 1 aromatic heterocycles. The van der Waals surface area contributed by atoms with Crippen molar-refractivity contribution in [1.29, 1.82) is 0 Å².